The van der Waals surface area contributed by atoms with Gasteiger partial charge in [-0.25, -0.2) is 4.39 Å². The second-order valence-corrected chi connectivity index (χ2v) is 7.49. The maximum atomic E-state index is 12.9. The number of likely N-dealkylation sites (tertiary alicyclic amines) is 2. The second kappa shape index (κ2) is 7.98. The molecular formula is C20H27FN2O2. The lowest BCUT2D eigenvalue weighted by Crippen LogP contribution is -2.47. The highest BCUT2D eigenvalue weighted by Gasteiger charge is 2.31. The van der Waals surface area contributed by atoms with E-state index in [0.29, 0.717) is 25.4 Å². The van der Waals surface area contributed by atoms with Crippen LogP contribution in [0, 0.1) is 17.7 Å². The molecule has 0 saturated carbocycles. The summed E-state index contributed by atoms with van der Waals surface area (Å²) >= 11 is 0. The second-order valence-electron chi connectivity index (χ2n) is 7.49. The predicted molar refractivity (Wildman–Crippen MR) is 94.4 cm³/mol. The highest BCUT2D eigenvalue weighted by atomic mass is 19.1. The average Bonchev–Trinajstić information content (AvgIpc) is 2.63. The number of carbonyl (C=O) groups is 2. The molecule has 2 heterocycles. The summed E-state index contributed by atoms with van der Waals surface area (Å²) < 4.78 is 12.9. The number of halogens is 1. The Hall–Kier alpha value is -1.91. The van der Waals surface area contributed by atoms with E-state index in [4.69, 9.17) is 0 Å². The van der Waals surface area contributed by atoms with E-state index in [9.17, 15) is 14.0 Å². The van der Waals surface area contributed by atoms with Gasteiger partial charge in [0.1, 0.15) is 5.82 Å². The van der Waals surface area contributed by atoms with Crippen LogP contribution in [0.2, 0.25) is 0 Å². The van der Waals surface area contributed by atoms with Gasteiger partial charge >= 0.3 is 0 Å². The van der Waals surface area contributed by atoms with Gasteiger partial charge in [0.2, 0.25) is 11.8 Å². The van der Waals surface area contributed by atoms with Gasteiger partial charge in [-0.15, -0.1) is 0 Å². The summed E-state index contributed by atoms with van der Waals surface area (Å²) in [6.45, 7) is 5.24. The van der Waals surface area contributed by atoms with E-state index >= 15 is 0 Å². The van der Waals surface area contributed by atoms with Gasteiger partial charge in [-0.05, 0) is 49.3 Å². The summed E-state index contributed by atoms with van der Waals surface area (Å²) in [6, 6.07) is 6.07. The molecule has 136 valence electrons. The smallest absolute Gasteiger partial charge is 0.226 e. The van der Waals surface area contributed by atoms with Crippen molar-refractivity contribution in [3.05, 3.63) is 35.6 Å². The largest absolute Gasteiger partial charge is 0.342 e. The minimum Gasteiger partial charge on any atom is -0.342 e. The van der Waals surface area contributed by atoms with Crippen LogP contribution in [-0.2, 0) is 16.0 Å². The topological polar surface area (TPSA) is 40.6 Å². The normalized spacial score (nSPS) is 22.1. The van der Waals surface area contributed by atoms with Crippen molar-refractivity contribution in [2.75, 3.05) is 26.2 Å². The van der Waals surface area contributed by atoms with E-state index in [1.54, 1.807) is 12.1 Å². The molecule has 0 spiro atoms. The maximum Gasteiger partial charge on any atom is 0.226 e. The van der Waals surface area contributed by atoms with Crippen molar-refractivity contribution < 1.29 is 14.0 Å². The van der Waals surface area contributed by atoms with E-state index in [1.807, 2.05) is 9.80 Å². The van der Waals surface area contributed by atoms with E-state index in [2.05, 4.69) is 6.92 Å². The van der Waals surface area contributed by atoms with Crippen LogP contribution in [-0.4, -0.2) is 47.8 Å². The van der Waals surface area contributed by atoms with Crippen molar-refractivity contribution in [2.24, 2.45) is 11.8 Å². The number of amides is 2. The van der Waals surface area contributed by atoms with E-state index in [1.165, 1.54) is 18.6 Å². The van der Waals surface area contributed by atoms with Crippen LogP contribution in [0.1, 0.15) is 38.2 Å². The molecule has 5 heteroatoms. The Balaban J connectivity index is 1.48. The first-order valence-electron chi connectivity index (χ1n) is 9.34. The fourth-order valence-electron chi connectivity index (χ4n) is 3.91. The van der Waals surface area contributed by atoms with Crippen LogP contribution in [0.3, 0.4) is 0 Å². The highest BCUT2D eigenvalue weighted by molar-refractivity contribution is 5.81. The standard InChI is InChI=1S/C20H27FN2O2/c1-15-3-2-10-23(14-15)20(25)17-8-11-22(12-9-17)19(24)13-16-4-6-18(21)7-5-16/h4-7,15,17H,2-3,8-14H2,1H3. The lowest BCUT2D eigenvalue weighted by molar-refractivity contribution is -0.141. The first-order chi connectivity index (χ1) is 12.0. The molecule has 4 nitrogen and oxygen atoms in total. The summed E-state index contributed by atoms with van der Waals surface area (Å²) in [4.78, 5) is 29.0. The number of hydrogen-bond donors (Lipinski definition) is 0. The Labute approximate surface area is 149 Å². The minimum absolute atomic E-state index is 0.0557. The Kier molecular flexibility index (Phi) is 5.71. The number of benzene rings is 1. The fraction of sp³-hybridized carbons (Fsp3) is 0.600. The van der Waals surface area contributed by atoms with Crippen LogP contribution in [0.15, 0.2) is 24.3 Å². The average molecular weight is 346 g/mol. The van der Waals surface area contributed by atoms with Gasteiger partial charge in [0.05, 0.1) is 6.42 Å². The van der Waals surface area contributed by atoms with Gasteiger partial charge in [-0.3, -0.25) is 9.59 Å². The maximum absolute atomic E-state index is 12.9. The molecule has 0 aliphatic carbocycles. The molecule has 0 bridgehead atoms. The summed E-state index contributed by atoms with van der Waals surface area (Å²) in [5, 5.41) is 0. The quantitative estimate of drug-likeness (QED) is 0.844. The molecule has 1 unspecified atom stereocenters. The number of rotatable bonds is 3. The Morgan fingerprint density at radius 2 is 1.72 bits per heavy atom. The fourth-order valence-corrected chi connectivity index (χ4v) is 3.91. The van der Waals surface area contributed by atoms with E-state index < -0.39 is 0 Å². The Bertz CT molecular complexity index is 609. The van der Waals surface area contributed by atoms with Gasteiger partial charge < -0.3 is 9.80 Å². The molecule has 1 aromatic carbocycles. The SMILES string of the molecule is CC1CCCN(C(=O)C2CCN(C(=O)Cc3ccc(F)cc3)CC2)C1. The lowest BCUT2D eigenvalue weighted by Gasteiger charge is -2.37. The van der Waals surface area contributed by atoms with Crippen LogP contribution < -0.4 is 0 Å². The summed E-state index contributed by atoms with van der Waals surface area (Å²) in [5.41, 5.74) is 0.826. The van der Waals surface area contributed by atoms with Crippen LogP contribution in [0.4, 0.5) is 4.39 Å². The zero-order valence-electron chi connectivity index (χ0n) is 14.9. The number of nitrogens with zero attached hydrogens (tertiary/aromatic N) is 2. The molecular weight excluding hydrogens is 319 g/mol. The molecule has 3 rings (SSSR count). The van der Waals surface area contributed by atoms with Gasteiger partial charge in [-0.2, -0.15) is 0 Å². The van der Waals surface area contributed by atoms with E-state index in [0.717, 1.165) is 37.9 Å². The molecule has 0 aromatic heterocycles. The van der Waals surface area contributed by atoms with Crippen molar-refractivity contribution in [2.45, 2.75) is 39.0 Å². The van der Waals surface area contributed by atoms with Gasteiger partial charge in [0.15, 0.2) is 0 Å². The molecule has 0 radical (unpaired) electrons. The predicted octanol–water partition coefficient (Wildman–Crippen LogP) is 2.87. The number of carbonyl (C=O) groups excluding carboxylic acids is 2. The molecule has 2 amide bonds. The molecule has 2 aliphatic rings. The number of piperidine rings is 2. The summed E-state index contributed by atoms with van der Waals surface area (Å²) in [5.74, 6) is 0.694. The third kappa shape index (κ3) is 4.59. The van der Waals surface area contributed by atoms with Crippen LogP contribution >= 0.6 is 0 Å². The van der Waals surface area contributed by atoms with E-state index in [-0.39, 0.29) is 23.5 Å². The summed E-state index contributed by atoms with van der Waals surface area (Å²) in [7, 11) is 0. The molecule has 1 aromatic rings. The molecule has 1 atom stereocenters. The first kappa shape index (κ1) is 17.9. The van der Waals surface area contributed by atoms with Crippen molar-refractivity contribution in [3.8, 4) is 0 Å². The van der Waals surface area contributed by atoms with Crippen molar-refractivity contribution in [3.63, 3.8) is 0 Å². The molecule has 2 saturated heterocycles. The summed E-state index contributed by atoms with van der Waals surface area (Å²) in [6.07, 6.45) is 4.10. The highest BCUT2D eigenvalue weighted by Crippen LogP contribution is 2.24. The zero-order chi connectivity index (χ0) is 17.8. The van der Waals surface area contributed by atoms with Crippen LogP contribution in [0.5, 0.6) is 0 Å². The molecule has 2 aliphatic heterocycles. The van der Waals surface area contributed by atoms with Gasteiger partial charge in [0.25, 0.3) is 0 Å². The lowest BCUT2D eigenvalue weighted by atomic mass is 9.92. The minimum atomic E-state index is -0.289. The van der Waals surface area contributed by atoms with Crippen molar-refractivity contribution >= 4 is 11.8 Å². The zero-order valence-corrected chi connectivity index (χ0v) is 14.9. The first-order valence-corrected chi connectivity index (χ1v) is 9.34. The Morgan fingerprint density at radius 3 is 2.36 bits per heavy atom. The molecule has 25 heavy (non-hydrogen) atoms. The van der Waals surface area contributed by atoms with Gasteiger partial charge in [0, 0.05) is 32.1 Å². The molecule has 2 fully saturated rings. The van der Waals surface area contributed by atoms with Crippen LogP contribution in [0.25, 0.3) is 0 Å². The number of hydrogen-bond acceptors (Lipinski definition) is 2. The van der Waals surface area contributed by atoms with Gasteiger partial charge in [-0.1, -0.05) is 19.1 Å². The third-order valence-corrected chi connectivity index (χ3v) is 5.43. The Morgan fingerprint density at radius 1 is 1.04 bits per heavy atom. The monoisotopic (exact) mass is 346 g/mol. The van der Waals surface area contributed by atoms with Crippen molar-refractivity contribution in [1.82, 2.24) is 9.80 Å². The molecule has 0 N–H and O–H groups in total. The third-order valence-electron chi connectivity index (χ3n) is 5.43. The van der Waals surface area contributed by atoms with Crippen molar-refractivity contribution in [1.29, 1.82) is 0 Å².